The summed E-state index contributed by atoms with van der Waals surface area (Å²) in [6, 6.07) is 17.6. The van der Waals surface area contributed by atoms with Crippen LogP contribution in [-0.2, 0) is 29.5 Å². The zero-order chi connectivity index (χ0) is 33.4. The van der Waals surface area contributed by atoms with Gasteiger partial charge in [0.05, 0.1) is 30.3 Å². The minimum atomic E-state index is -4.70. The third kappa shape index (κ3) is 6.41. The number of aryl methyl sites for hydroxylation is 1. The molecular formula is C34H29ClF3N3O5. The second-order valence-electron chi connectivity index (χ2n) is 11.2. The lowest BCUT2D eigenvalue weighted by atomic mass is 9.83. The molecule has 5 rings (SSSR count). The summed E-state index contributed by atoms with van der Waals surface area (Å²) in [4.78, 5) is 36.3. The molecule has 2 aromatic carbocycles. The number of benzene rings is 2. The zero-order valence-electron chi connectivity index (χ0n) is 25.3. The Kier molecular flexibility index (Phi) is 8.81. The molecule has 238 valence electrons. The smallest absolute Gasteiger partial charge is 0.449 e. The van der Waals surface area contributed by atoms with E-state index < -0.39 is 29.2 Å². The number of aliphatic carboxylic acids is 1. The van der Waals surface area contributed by atoms with Crippen LogP contribution in [0.3, 0.4) is 0 Å². The summed E-state index contributed by atoms with van der Waals surface area (Å²) >= 11 is 6.75. The maximum absolute atomic E-state index is 14.3. The number of hydrogen-bond acceptors (Lipinski definition) is 6. The first-order chi connectivity index (χ1) is 21.7. The van der Waals surface area contributed by atoms with E-state index in [1.807, 2.05) is 6.07 Å². The van der Waals surface area contributed by atoms with Gasteiger partial charge in [-0.1, -0.05) is 48.0 Å². The molecule has 3 heterocycles. The van der Waals surface area contributed by atoms with E-state index in [1.54, 1.807) is 69.3 Å². The molecule has 8 nitrogen and oxygen atoms in total. The number of nitrogens with zero attached hydrogens (tertiary/aromatic N) is 3. The molecule has 1 N–H and O–H groups in total. The van der Waals surface area contributed by atoms with Crippen molar-refractivity contribution in [2.24, 2.45) is 0 Å². The predicted octanol–water partition coefficient (Wildman–Crippen LogP) is 8.08. The molecular weight excluding hydrogens is 623 g/mol. The average molecular weight is 652 g/mol. The van der Waals surface area contributed by atoms with E-state index in [2.05, 4.69) is 9.97 Å². The third-order valence-corrected chi connectivity index (χ3v) is 8.08. The predicted molar refractivity (Wildman–Crippen MR) is 166 cm³/mol. The number of alkyl halides is 3. The Morgan fingerprint density at radius 2 is 1.74 bits per heavy atom. The summed E-state index contributed by atoms with van der Waals surface area (Å²) in [5.74, 6) is -2.64. The zero-order valence-corrected chi connectivity index (χ0v) is 26.0. The molecule has 0 bridgehead atoms. The Balaban J connectivity index is 1.55. The number of amides is 1. The fraction of sp³-hybridized carbons (Fsp3) is 0.235. The number of rotatable bonds is 9. The number of hydrogen-bond donors (Lipinski definition) is 1. The molecule has 0 spiro atoms. The first kappa shape index (κ1) is 32.5. The van der Waals surface area contributed by atoms with Gasteiger partial charge in [0.2, 0.25) is 5.76 Å². The minimum absolute atomic E-state index is 0.0895. The molecule has 12 heteroatoms. The fourth-order valence-corrected chi connectivity index (χ4v) is 5.32. The van der Waals surface area contributed by atoms with Crippen LogP contribution in [0.25, 0.3) is 22.2 Å². The highest BCUT2D eigenvalue weighted by molar-refractivity contribution is 6.31. The summed E-state index contributed by atoms with van der Waals surface area (Å²) in [6.45, 7) is 4.48. The van der Waals surface area contributed by atoms with E-state index in [1.165, 1.54) is 24.3 Å². The van der Waals surface area contributed by atoms with Crippen LogP contribution < -0.4 is 4.74 Å². The number of carboxylic acids is 1. The fourth-order valence-electron chi connectivity index (χ4n) is 5.08. The maximum Gasteiger partial charge on any atom is 0.449 e. The molecule has 0 atom stereocenters. The van der Waals surface area contributed by atoms with E-state index in [-0.39, 0.29) is 40.7 Å². The van der Waals surface area contributed by atoms with Crippen molar-refractivity contribution in [3.05, 3.63) is 112 Å². The van der Waals surface area contributed by atoms with Crippen molar-refractivity contribution < 1.29 is 37.0 Å². The normalized spacial score (nSPS) is 11.9. The van der Waals surface area contributed by atoms with Gasteiger partial charge in [0.15, 0.2) is 5.75 Å². The first-order valence-electron chi connectivity index (χ1n) is 14.1. The molecule has 3 aromatic heterocycles. The Morgan fingerprint density at radius 1 is 1.00 bits per heavy atom. The molecule has 0 saturated carbocycles. The van der Waals surface area contributed by atoms with Crippen molar-refractivity contribution in [3.63, 3.8) is 0 Å². The van der Waals surface area contributed by atoms with Crippen LogP contribution in [0, 0.1) is 6.92 Å². The molecule has 0 saturated heterocycles. The van der Waals surface area contributed by atoms with Crippen LogP contribution in [0.1, 0.15) is 52.5 Å². The molecule has 0 fully saturated rings. The highest BCUT2D eigenvalue weighted by Crippen LogP contribution is 2.35. The standard InChI is InChI=1S/C34H29ClF3N3O5/c1-19-30(45-4)28(29-26(40-19)9-6-14-39-29)31(42)41(18-24-12-13-27(46-24)34(36,37)38)17-22-11-10-21(16-25(22)35)20-7-5-8-23(15-20)33(2,3)32(43)44/h5-16H,17-18H2,1-4H3,(H,43,44). The first-order valence-corrected chi connectivity index (χ1v) is 14.5. The Hall–Kier alpha value is -4.90. The van der Waals surface area contributed by atoms with Crippen LogP contribution in [0.5, 0.6) is 5.75 Å². The molecule has 0 aliphatic carbocycles. The summed E-state index contributed by atoms with van der Waals surface area (Å²) in [7, 11) is 1.39. The summed E-state index contributed by atoms with van der Waals surface area (Å²) in [5.41, 5.74) is 2.66. The van der Waals surface area contributed by atoms with Gasteiger partial charge in [0, 0.05) is 17.8 Å². The molecule has 5 aromatic rings. The van der Waals surface area contributed by atoms with Gasteiger partial charge in [0.25, 0.3) is 5.91 Å². The number of halogens is 4. The molecule has 0 aliphatic rings. The minimum Gasteiger partial charge on any atom is -0.494 e. The van der Waals surface area contributed by atoms with Crippen molar-refractivity contribution >= 4 is 34.5 Å². The van der Waals surface area contributed by atoms with Crippen molar-refractivity contribution in [1.29, 1.82) is 0 Å². The molecule has 1 amide bonds. The number of carbonyl (C=O) groups is 2. The van der Waals surface area contributed by atoms with Gasteiger partial charge >= 0.3 is 12.1 Å². The van der Waals surface area contributed by atoms with Crippen LogP contribution in [0.4, 0.5) is 13.2 Å². The van der Waals surface area contributed by atoms with Crippen LogP contribution in [-0.4, -0.2) is 39.0 Å². The largest absolute Gasteiger partial charge is 0.494 e. The molecule has 0 unspecified atom stereocenters. The van der Waals surface area contributed by atoms with E-state index in [9.17, 15) is 27.9 Å². The topological polar surface area (TPSA) is 106 Å². The Morgan fingerprint density at radius 3 is 2.39 bits per heavy atom. The maximum atomic E-state index is 14.3. The molecule has 0 radical (unpaired) electrons. The van der Waals surface area contributed by atoms with Gasteiger partial charge < -0.3 is 19.2 Å². The van der Waals surface area contributed by atoms with Gasteiger partial charge in [0.1, 0.15) is 16.8 Å². The van der Waals surface area contributed by atoms with Gasteiger partial charge in [-0.3, -0.25) is 14.6 Å². The third-order valence-electron chi connectivity index (χ3n) is 7.73. The average Bonchev–Trinajstić information content (AvgIpc) is 3.50. The number of carbonyl (C=O) groups excluding carboxylic acids is 1. The second-order valence-corrected chi connectivity index (χ2v) is 11.6. The highest BCUT2D eigenvalue weighted by Gasteiger charge is 2.35. The number of ether oxygens (including phenoxy) is 1. The van der Waals surface area contributed by atoms with E-state index in [0.717, 1.165) is 11.6 Å². The molecule has 0 aliphatic heterocycles. The van der Waals surface area contributed by atoms with Crippen molar-refractivity contribution in [2.75, 3.05) is 7.11 Å². The Bertz CT molecular complexity index is 1950. The monoisotopic (exact) mass is 651 g/mol. The second kappa shape index (κ2) is 12.5. The van der Waals surface area contributed by atoms with E-state index >= 15 is 0 Å². The number of aromatic nitrogens is 2. The van der Waals surface area contributed by atoms with Gasteiger partial charge in [-0.25, -0.2) is 4.98 Å². The summed E-state index contributed by atoms with van der Waals surface area (Å²) < 4.78 is 50.6. The van der Waals surface area contributed by atoms with Gasteiger partial charge in [-0.2, -0.15) is 13.2 Å². The molecule has 46 heavy (non-hydrogen) atoms. The SMILES string of the molecule is COc1c(C)nc2cccnc2c1C(=O)N(Cc1ccc(C(F)(F)F)o1)Cc1ccc(-c2cccc(C(C)(C)C(=O)O)c2)cc1Cl. The Labute approximate surface area is 267 Å². The lowest BCUT2D eigenvalue weighted by molar-refractivity contribution is -0.153. The van der Waals surface area contributed by atoms with Crippen molar-refractivity contribution in [1.82, 2.24) is 14.9 Å². The van der Waals surface area contributed by atoms with E-state index in [4.69, 9.17) is 20.8 Å². The van der Waals surface area contributed by atoms with Crippen molar-refractivity contribution in [2.45, 2.75) is 45.5 Å². The van der Waals surface area contributed by atoms with Crippen LogP contribution in [0.15, 0.2) is 77.3 Å². The van der Waals surface area contributed by atoms with E-state index in [0.29, 0.717) is 27.9 Å². The van der Waals surface area contributed by atoms with Crippen LogP contribution >= 0.6 is 11.6 Å². The van der Waals surface area contributed by atoms with Gasteiger partial charge in [-0.15, -0.1) is 0 Å². The number of fused-ring (bicyclic) bond motifs is 1. The van der Waals surface area contributed by atoms with Crippen molar-refractivity contribution in [3.8, 4) is 16.9 Å². The van der Waals surface area contributed by atoms with Crippen LogP contribution in [0.2, 0.25) is 5.02 Å². The summed E-state index contributed by atoms with van der Waals surface area (Å²) in [6.07, 6.45) is -3.20. The number of methoxy groups -OCH3 is 1. The number of carboxylic acid groups (broad SMARTS) is 1. The lowest BCUT2D eigenvalue weighted by Gasteiger charge is -2.24. The summed E-state index contributed by atoms with van der Waals surface area (Å²) in [5, 5.41) is 9.96. The lowest BCUT2D eigenvalue weighted by Crippen LogP contribution is -2.31. The number of furan rings is 1. The van der Waals surface area contributed by atoms with Gasteiger partial charge in [-0.05, 0) is 73.4 Å². The highest BCUT2D eigenvalue weighted by atomic mass is 35.5. The number of pyridine rings is 2. The quantitative estimate of drug-likeness (QED) is 0.172.